The summed E-state index contributed by atoms with van der Waals surface area (Å²) in [6, 6.07) is 19.5. The molecule has 4 rings (SSSR count). The summed E-state index contributed by atoms with van der Waals surface area (Å²) in [5, 5.41) is 12.6. The molecule has 0 unspecified atom stereocenters. The van der Waals surface area contributed by atoms with Crippen LogP contribution in [0.15, 0.2) is 67.0 Å². The fourth-order valence-corrected chi connectivity index (χ4v) is 4.18. The number of amides is 1. The maximum atomic E-state index is 12.4. The molecule has 1 N–H and O–H groups in total. The molecule has 1 atom stereocenters. The number of hydrogen-bond donors (Lipinski definition) is 1. The third kappa shape index (κ3) is 5.49. The highest BCUT2D eigenvalue weighted by atomic mass is 35.5. The molecule has 1 aromatic heterocycles. The predicted octanol–water partition coefficient (Wildman–Crippen LogP) is 4.09. The van der Waals surface area contributed by atoms with Crippen LogP contribution in [0.1, 0.15) is 34.2 Å². The highest BCUT2D eigenvalue weighted by Gasteiger charge is 2.30. The van der Waals surface area contributed by atoms with E-state index in [2.05, 4.69) is 27.3 Å². The van der Waals surface area contributed by atoms with Crippen LogP contribution in [-0.2, 0) is 24.3 Å². The minimum Gasteiger partial charge on any atom is -0.355 e. The molecule has 0 radical (unpaired) electrons. The molecule has 31 heavy (non-hydrogen) atoms. The summed E-state index contributed by atoms with van der Waals surface area (Å²) in [5.41, 5.74) is 5.02. The molecular weight excluding hydrogens is 408 g/mol. The van der Waals surface area contributed by atoms with E-state index in [1.807, 2.05) is 60.9 Å². The second kappa shape index (κ2) is 9.74. The third-order valence-electron chi connectivity index (χ3n) is 5.46. The van der Waals surface area contributed by atoms with Crippen molar-refractivity contribution in [2.75, 3.05) is 6.54 Å². The fourth-order valence-electron chi connectivity index (χ4n) is 3.97. The van der Waals surface area contributed by atoms with Crippen molar-refractivity contribution in [1.82, 2.24) is 15.2 Å². The van der Waals surface area contributed by atoms with Gasteiger partial charge < -0.3 is 5.32 Å². The first-order chi connectivity index (χ1) is 15.1. The zero-order valence-electron chi connectivity index (χ0n) is 17.1. The van der Waals surface area contributed by atoms with E-state index >= 15 is 0 Å². The Hall–Kier alpha value is -3.20. The quantitative estimate of drug-likeness (QED) is 0.613. The van der Waals surface area contributed by atoms with Gasteiger partial charge in [0, 0.05) is 37.1 Å². The molecule has 6 heteroatoms. The lowest BCUT2D eigenvalue weighted by molar-refractivity contribution is -0.124. The zero-order chi connectivity index (χ0) is 21.6. The number of nitrogens with zero attached hydrogens (tertiary/aromatic N) is 3. The van der Waals surface area contributed by atoms with Gasteiger partial charge in [-0.25, -0.2) is 0 Å². The van der Waals surface area contributed by atoms with E-state index in [0.29, 0.717) is 30.2 Å². The summed E-state index contributed by atoms with van der Waals surface area (Å²) in [5.74, 6) is 0.0729. The molecule has 2 aromatic carbocycles. The summed E-state index contributed by atoms with van der Waals surface area (Å²) < 4.78 is 0. The van der Waals surface area contributed by atoms with E-state index in [-0.39, 0.29) is 11.9 Å². The van der Waals surface area contributed by atoms with E-state index in [4.69, 9.17) is 16.9 Å². The van der Waals surface area contributed by atoms with Crippen LogP contribution in [0.3, 0.4) is 0 Å². The van der Waals surface area contributed by atoms with Crippen LogP contribution in [0.5, 0.6) is 0 Å². The summed E-state index contributed by atoms with van der Waals surface area (Å²) in [4.78, 5) is 19.0. The lowest BCUT2D eigenvalue weighted by Crippen LogP contribution is -2.39. The largest absolute Gasteiger partial charge is 0.355 e. The second-order valence-corrected chi connectivity index (χ2v) is 8.25. The van der Waals surface area contributed by atoms with Gasteiger partial charge >= 0.3 is 0 Å². The Kier molecular flexibility index (Phi) is 6.61. The summed E-state index contributed by atoms with van der Waals surface area (Å²) in [6.45, 7) is 1.96. The zero-order valence-corrected chi connectivity index (χ0v) is 17.8. The number of benzene rings is 2. The van der Waals surface area contributed by atoms with Crippen molar-refractivity contribution < 1.29 is 4.79 Å². The van der Waals surface area contributed by atoms with Crippen molar-refractivity contribution in [2.45, 2.75) is 32.0 Å². The van der Waals surface area contributed by atoms with Gasteiger partial charge in [0.25, 0.3) is 0 Å². The standard InChI is InChI=1S/C25H23ClN4O/c26-23-3-1-2-20(12-23)16-30(24-8-9-29-25(24)31)17-22-11-21(14-28-15-22)10-18-4-6-19(13-27)7-5-18/h1-7,11-12,14-15,24H,8-10,16-17H2,(H,29,31)/t24-/m1/s1. The van der Waals surface area contributed by atoms with Gasteiger partial charge in [-0.1, -0.05) is 41.9 Å². The average molecular weight is 431 g/mol. The highest BCUT2D eigenvalue weighted by Crippen LogP contribution is 2.20. The average Bonchev–Trinajstić information content (AvgIpc) is 3.20. The minimum atomic E-state index is -0.166. The normalized spacial score (nSPS) is 15.6. The van der Waals surface area contributed by atoms with Crippen LogP contribution in [0.2, 0.25) is 5.02 Å². The van der Waals surface area contributed by atoms with E-state index < -0.39 is 0 Å². The maximum Gasteiger partial charge on any atom is 0.237 e. The summed E-state index contributed by atoms with van der Waals surface area (Å²) >= 11 is 6.17. The highest BCUT2D eigenvalue weighted by molar-refractivity contribution is 6.30. The lowest BCUT2D eigenvalue weighted by Gasteiger charge is -2.27. The molecule has 0 aliphatic carbocycles. The Morgan fingerprint density at radius 1 is 1.03 bits per heavy atom. The van der Waals surface area contributed by atoms with Gasteiger partial charge in [0.05, 0.1) is 17.7 Å². The summed E-state index contributed by atoms with van der Waals surface area (Å²) in [7, 11) is 0. The first-order valence-electron chi connectivity index (χ1n) is 10.3. The molecule has 0 bridgehead atoms. The van der Waals surface area contributed by atoms with Crippen molar-refractivity contribution >= 4 is 17.5 Å². The number of hydrogen-bond acceptors (Lipinski definition) is 4. The van der Waals surface area contributed by atoms with Crippen LogP contribution in [0, 0.1) is 11.3 Å². The van der Waals surface area contributed by atoms with E-state index in [1.54, 1.807) is 0 Å². The second-order valence-electron chi connectivity index (χ2n) is 7.82. The molecule has 1 amide bonds. The molecule has 1 aliphatic heterocycles. The number of nitriles is 1. The van der Waals surface area contributed by atoms with E-state index in [0.717, 1.165) is 35.1 Å². The van der Waals surface area contributed by atoms with Crippen LogP contribution in [0.4, 0.5) is 0 Å². The Bertz CT molecular complexity index is 1110. The van der Waals surface area contributed by atoms with Gasteiger partial charge in [0.2, 0.25) is 5.91 Å². The van der Waals surface area contributed by atoms with Gasteiger partial charge in [-0.3, -0.25) is 14.7 Å². The van der Waals surface area contributed by atoms with Gasteiger partial charge in [0.15, 0.2) is 0 Å². The first kappa shape index (κ1) is 21.0. The number of aromatic nitrogens is 1. The van der Waals surface area contributed by atoms with Crippen LogP contribution in [-0.4, -0.2) is 28.4 Å². The number of nitrogens with one attached hydrogen (secondary N) is 1. The van der Waals surface area contributed by atoms with Gasteiger partial charge in [-0.15, -0.1) is 0 Å². The van der Waals surface area contributed by atoms with Crippen LogP contribution < -0.4 is 5.32 Å². The SMILES string of the molecule is N#Cc1ccc(Cc2cncc(CN(Cc3cccc(Cl)c3)[C@@H]3CCNC3=O)c2)cc1. The minimum absolute atomic E-state index is 0.0729. The van der Waals surface area contributed by atoms with Crippen LogP contribution in [0.25, 0.3) is 0 Å². The van der Waals surface area contributed by atoms with E-state index in [9.17, 15) is 4.79 Å². The Morgan fingerprint density at radius 3 is 2.52 bits per heavy atom. The molecule has 0 spiro atoms. The third-order valence-corrected chi connectivity index (χ3v) is 5.70. The Balaban J connectivity index is 1.52. The lowest BCUT2D eigenvalue weighted by atomic mass is 10.0. The van der Waals surface area contributed by atoms with Gasteiger partial charge in [0.1, 0.15) is 0 Å². The predicted molar refractivity (Wildman–Crippen MR) is 120 cm³/mol. The van der Waals surface area contributed by atoms with E-state index in [1.165, 1.54) is 0 Å². The molecule has 2 heterocycles. The fraction of sp³-hybridized carbons (Fsp3) is 0.240. The van der Waals surface area contributed by atoms with Gasteiger partial charge in [-0.2, -0.15) is 5.26 Å². The van der Waals surface area contributed by atoms with Crippen molar-refractivity contribution in [3.63, 3.8) is 0 Å². The number of carbonyl (C=O) groups is 1. The van der Waals surface area contributed by atoms with Crippen molar-refractivity contribution in [1.29, 1.82) is 5.26 Å². The number of rotatable bonds is 7. The molecule has 1 aliphatic rings. The monoisotopic (exact) mass is 430 g/mol. The topological polar surface area (TPSA) is 69.0 Å². The molecule has 1 saturated heterocycles. The molecule has 1 fully saturated rings. The number of carbonyl (C=O) groups excluding carboxylic acids is 1. The van der Waals surface area contributed by atoms with Crippen molar-refractivity contribution in [3.05, 3.63) is 99.8 Å². The molecular formula is C25H23ClN4O. The van der Waals surface area contributed by atoms with Crippen molar-refractivity contribution in [2.24, 2.45) is 0 Å². The molecule has 0 saturated carbocycles. The first-order valence-corrected chi connectivity index (χ1v) is 10.7. The van der Waals surface area contributed by atoms with Crippen molar-refractivity contribution in [3.8, 4) is 6.07 Å². The number of pyridine rings is 1. The smallest absolute Gasteiger partial charge is 0.237 e. The Labute approximate surface area is 187 Å². The molecule has 3 aromatic rings. The maximum absolute atomic E-state index is 12.4. The van der Waals surface area contributed by atoms with Gasteiger partial charge in [-0.05, 0) is 59.4 Å². The summed E-state index contributed by atoms with van der Waals surface area (Å²) in [6.07, 6.45) is 5.26. The van der Waals surface area contributed by atoms with Crippen LogP contribution >= 0.6 is 11.6 Å². The number of halogens is 1. The molecule has 156 valence electrons. The Morgan fingerprint density at radius 2 is 1.81 bits per heavy atom. The molecule has 5 nitrogen and oxygen atoms in total.